The number of nitrogens with zero attached hydrogens (tertiary/aromatic N) is 3. The number of para-hydroxylation sites is 1. The number of nitrogens with one attached hydrogen (secondary N) is 1. The second-order valence-electron chi connectivity index (χ2n) is 8.12. The van der Waals surface area contributed by atoms with E-state index in [0.29, 0.717) is 19.2 Å². The number of carbonyl (C=O) groups is 1. The Morgan fingerprint density at radius 1 is 1.10 bits per heavy atom. The molecule has 2 aromatic carbocycles. The summed E-state index contributed by atoms with van der Waals surface area (Å²) >= 11 is 0. The van der Waals surface area contributed by atoms with Gasteiger partial charge >= 0.3 is 0 Å². The van der Waals surface area contributed by atoms with E-state index in [1.165, 1.54) is 0 Å². The second kappa shape index (κ2) is 8.06. The molecule has 2 aliphatic heterocycles. The molecule has 1 N–H and O–H groups in total. The van der Waals surface area contributed by atoms with Gasteiger partial charge in [0.25, 0.3) is 0 Å². The minimum atomic E-state index is 0.142. The van der Waals surface area contributed by atoms with Crippen molar-refractivity contribution in [1.29, 1.82) is 0 Å². The smallest absolute Gasteiger partial charge is 0.223 e. The molecule has 0 radical (unpaired) electrons. The summed E-state index contributed by atoms with van der Waals surface area (Å²) in [7, 11) is 0. The monoisotopic (exact) mass is 418 g/mol. The van der Waals surface area contributed by atoms with Gasteiger partial charge in [0.2, 0.25) is 11.9 Å². The van der Waals surface area contributed by atoms with Gasteiger partial charge in [-0.25, -0.2) is 9.97 Å². The fraction of sp³-hybridized carbons (Fsp3) is 0.375. The van der Waals surface area contributed by atoms with E-state index in [2.05, 4.69) is 17.4 Å². The lowest BCUT2D eigenvalue weighted by Gasteiger charge is -2.31. The van der Waals surface area contributed by atoms with Gasteiger partial charge in [0.1, 0.15) is 13.2 Å². The van der Waals surface area contributed by atoms with Gasteiger partial charge < -0.3 is 19.7 Å². The maximum absolute atomic E-state index is 11.5. The Kier molecular flexibility index (Phi) is 5.10. The Labute approximate surface area is 181 Å². The van der Waals surface area contributed by atoms with Crippen LogP contribution in [0.25, 0.3) is 22.0 Å². The van der Waals surface area contributed by atoms with Crippen molar-refractivity contribution >= 4 is 22.8 Å². The van der Waals surface area contributed by atoms with Gasteiger partial charge in [0.05, 0.1) is 11.2 Å². The van der Waals surface area contributed by atoms with E-state index in [9.17, 15) is 4.79 Å². The Balaban J connectivity index is 1.40. The van der Waals surface area contributed by atoms with E-state index in [-0.39, 0.29) is 11.9 Å². The predicted octanol–water partition coefficient (Wildman–Crippen LogP) is 3.80. The van der Waals surface area contributed by atoms with Crippen LogP contribution < -0.4 is 14.8 Å². The van der Waals surface area contributed by atoms with Crippen LogP contribution in [0.1, 0.15) is 25.5 Å². The molecule has 1 amide bonds. The fourth-order valence-electron chi connectivity index (χ4n) is 4.34. The maximum Gasteiger partial charge on any atom is 0.223 e. The van der Waals surface area contributed by atoms with Crippen LogP contribution in [-0.2, 0) is 4.79 Å². The molecular formula is C24H26N4O3. The van der Waals surface area contributed by atoms with E-state index in [4.69, 9.17) is 19.4 Å². The molecule has 0 atom stereocenters. The van der Waals surface area contributed by atoms with Crippen LogP contribution in [0.5, 0.6) is 11.5 Å². The molecule has 2 aliphatic rings. The first-order valence-corrected chi connectivity index (χ1v) is 10.8. The molecule has 160 valence electrons. The quantitative estimate of drug-likeness (QED) is 0.697. The molecule has 0 bridgehead atoms. The van der Waals surface area contributed by atoms with Gasteiger partial charge in [-0.3, -0.25) is 4.79 Å². The number of carbonyl (C=O) groups excluding carboxylic acids is 1. The van der Waals surface area contributed by atoms with Crippen molar-refractivity contribution in [2.45, 2.75) is 32.7 Å². The molecule has 0 saturated carbocycles. The summed E-state index contributed by atoms with van der Waals surface area (Å²) in [5.74, 6) is 2.37. The largest absolute Gasteiger partial charge is 0.486 e. The molecular weight excluding hydrogens is 392 g/mol. The van der Waals surface area contributed by atoms with Crippen LogP contribution in [0, 0.1) is 6.92 Å². The molecule has 3 aromatic rings. The number of aromatic nitrogens is 2. The highest BCUT2D eigenvalue weighted by atomic mass is 16.6. The molecule has 0 unspecified atom stereocenters. The summed E-state index contributed by atoms with van der Waals surface area (Å²) in [6.07, 6.45) is 1.81. The molecule has 1 aromatic heterocycles. The topological polar surface area (TPSA) is 76.6 Å². The average Bonchev–Trinajstić information content (AvgIpc) is 2.79. The molecule has 5 rings (SSSR count). The zero-order valence-corrected chi connectivity index (χ0v) is 17.9. The molecule has 3 heterocycles. The number of aryl methyl sites for hydroxylation is 1. The first-order chi connectivity index (χ1) is 15.1. The molecule has 0 aliphatic carbocycles. The second-order valence-corrected chi connectivity index (χ2v) is 8.12. The van der Waals surface area contributed by atoms with Crippen molar-refractivity contribution in [3.63, 3.8) is 0 Å². The summed E-state index contributed by atoms with van der Waals surface area (Å²) < 4.78 is 11.6. The van der Waals surface area contributed by atoms with E-state index >= 15 is 0 Å². The van der Waals surface area contributed by atoms with E-state index in [0.717, 1.165) is 65.2 Å². The van der Waals surface area contributed by atoms with Gasteiger partial charge in [-0.05, 0) is 43.5 Å². The van der Waals surface area contributed by atoms with E-state index in [1.54, 1.807) is 6.92 Å². The normalized spacial score (nSPS) is 16.4. The highest BCUT2D eigenvalue weighted by Gasteiger charge is 2.22. The SMILES string of the molecule is CC(=O)N1CCC(Nc2nc(C)c3cc(-c4cccc5c4OCCO5)ccc3n2)CC1. The van der Waals surface area contributed by atoms with Crippen molar-refractivity contribution < 1.29 is 14.3 Å². The lowest BCUT2D eigenvalue weighted by Crippen LogP contribution is -2.41. The molecule has 31 heavy (non-hydrogen) atoms. The van der Waals surface area contributed by atoms with Crippen LogP contribution in [-0.4, -0.2) is 53.1 Å². The number of benzene rings is 2. The van der Waals surface area contributed by atoms with Crippen LogP contribution in [0.4, 0.5) is 5.95 Å². The Bertz CT molecular complexity index is 1140. The third-order valence-corrected chi connectivity index (χ3v) is 6.04. The number of amides is 1. The number of likely N-dealkylation sites (tertiary alicyclic amines) is 1. The molecule has 7 nitrogen and oxygen atoms in total. The molecule has 1 fully saturated rings. The van der Waals surface area contributed by atoms with Gasteiger partial charge in [0, 0.05) is 37.0 Å². The number of hydrogen-bond donors (Lipinski definition) is 1. The minimum absolute atomic E-state index is 0.142. The van der Waals surface area contributed by atoms with Crippen molar-refractivity contribution in [3.8, 4) is 22.6 Å². The van der Waals surface area contributed by atoms with Gasteiger partial charge in [0.15, 0.2) is 11.5 Å². The van der Waals surface area contributed by atoms with Crippen molar-refractivity contribution in [3.05, 3.63) is 42.1 Å². The third-order valence-electron chi connectivity index (χ3n) is 6.04. The van der Waals surface area contributed by atoms with Crippen LogP contribution in [0.15, 0.2) is 36.4 Å². The number of piperidine rings is 1. The zero-order chi connectivity index (χ0) is 21.4. The van der Waals surface area contributed by atoms with Crippen LogP contribution in [0.3, 0.4) is 0 Å². The minimum Gasteiger partial charge on any atom is -0.486 e. The first-order valence-electron chi connectivity index (χ1n) is 10.8. The number of fused-ring (bicyclic) bond motifs is 2. The van der Waals surface area contributed by atoms with E-state index in [1.807, 2.05) is 36.1 Å². The van der Waals surface area contributed by atoms with Crippen molar-refractivity contribution in [2.75, 3.05) is 31.6 Å². The average molecular weight is 418 g/mol. The van der Waals surface area contributed by atoms with Gasteiger partial charge in [-0.1, -0.05) is 18.2 Å². The summed E-state index contributed by atoms with van der Waals surface area (Å²) in [4.78, 5) is 22.9. The zero-order valence-electron chi connectivity index (χ0n) is 17.9. The number of rotatable bonds is 3. The van der Waals surface area contributed by atoms with Gasteiger partial charge in [-0.15, -0.1) is 0 Å². The fourth-order valence-corrected chi connectivity index (χ4v) is 4.34. The highest BCUT2D eigenvalue weighted by Crippen LogP contribution is 2.40. The van der Waals surface area contributed by atoms with Gasteiger partial charge in [-0.2, -0.15) is 0 Å². The molecule has 0 spiro atoms. The number of anilines is 1. The van der Waals surface area contributed by atoms with Crippen molar-refractivity contribution in [2.24, 2.45) is 0 Å². The third kappa shape index (κ3) is 3.87. The standard InChI is InChI=1S/C24H26N4O3/c1-15-20-14-17(19-4-3-5-22-23(19)31-13-12-30-22)6-7-21(20)27-24(25-15)26-18-8-10-28(11-9-18)16(2)29/h3-7,14,18H,8-13H2,1-2H3,(H,25,26,27). The van der Waals surface area contributed by atoms with E-state index < -0.39 is 0 Å². The Morgan fingerprint density at radius 2 is 1.90 bits per heavy atom. The summed E-state index contributed by atoms with van der Waals surface area (Å²) in [6, 6.07) is 12.5. The summed E-state index contributed by atoms with van der Waals surface area (Å²) in [5, 5.41) is 4.48. The highest BCUT2D eigenvalue weighted by molar-refractivity contribution is 5.88. The molecule has 7 heteroatoms. The Morgan fingerprint density at radius 3 is 2.71 bits per heavy atom. The molecule has 1 saturated heterocycles. The summed E-state index contributed by atoms with van der Waals surface area (Å²) in [6.45, 7) is 6.32. The van der Waals surface area contributed by atoms with Crippen LogP contribution in [0.2, 0.25) is 0 Å². The number of hydrogen-bond acceptors (Lipinski definition) is 6. The number of ether oxygens (including phenoxy) is 2. The van der Waals surface area contributed by atoms with Crippen molar-refractivity contribution in [1.82, 2.24) is 14.9 Å². The first kappa shape index (κ1) is 19.6. The lowest BCUT2D eigenvalue weighted by atomic mass is 10.0. The van der Waals surface area contributed by atoms with Crippen LogP contribution >= 0.6 is 0 Å². The summed E-state index contributed by atoms with van der Waals surface area (Å²) in [5.41, 5.74) is 3.90. The maximum atomic E-state index is 11.5. The predicted molar refractivity (Wildman–Crippen MR) is 120 cm³/mol. The lowest BCUT2D eigenvalue weighted by molar-refractivity contribution is -0.129. The Hall–Kier alpha value is -3.35.